The van der Waals surface area contributed by atoms with E-state index in [-0.39, 0.29) is 12.5 Å². The predicted molar refractivity (Wildman–Crippen MR) is 116 cm³/mol. The van der Waals surface area contributed by atoms with E-state index in [0.717, 1.165) is 27.1 Å². The van der Waals surface area contributed by atoms with Crippen molar-refractivity contribution in [2.45, 2.75) is 32.1 Å². The van der Waals surface area contributed by atoms with Gasteiger partial charge in [0, 0.05) is 11.4 Å². The number of hydrogen-bond donors (Lipinski definition) is 2. The zero-order chi connectivity index (χ0) is 19.2. The SMILES string of the molecule is O=C(CNc1ncnc2sc(-c3ccccc3)cc12)NCCC1=CCCCC1. The highest BCUT2D eigenvalue weighted by molar-refractivity contribution is 7.21. The van der Waals surface area contributed by atoms with Crippen molar-refractivity contribution in [2.24, 2.45) is 0 Å². The van der Waals surface area contributed by atoms with Crippen LogP contribution in [0.5, 0.6) is 0 Å². The molecule has 28 heavy (non-hydrogen) atoms. The molecule has 1 amide bonds. The fraction of sp³-hybridized carbons (Fsp3) is 0.318. The first-order chi connectivity index (χ1) is 13.8. The molecule has 2 heterocycles. The van der Waals surface area contributed by atoms with Gasteiger partial charge in [0.1, 0.15) is 17.0 Å². The number of aromatic nitrogens is 2. The summed E-state index contributed by atoms with van der Waals surface area (Å²) in [6.07, 6.45) is 9.75. The summed E-state index contributed by atoms with van der Waals surface area (Å²) in [7, 11) is 0. The van der Waals surface area contributed by atoms with Gasteiger partial charge >= 0.3 is 0 Å². The zero-order valence-corrected chi connectivity index (χ0v) is 16.6. The molecular formula is C22H24N4OS. The largest absolute Gasteiger partial charge is 0.360 e. The number of anilines is 1. The monoisotopic (exact) mass is 392 g/mol. The summed E-state index contributed by atoms with van der Waals surface area (Å²) in [5, 5.41) is 7.12. The third-order valence-corrected chi connectivity index (χ3v) is 6.05. The molecule has 0 atom stereocenters. The number of fused-ring (bicyclic) bond motifs is 1. The average molecular weight is 393 g/mol. The molecule has 1 aliphatic rings. The van der Waals surface area contributed by atoms with Gasteiger partial charge in [-0.15, -0.1) is 11.3 Å². The maximum atomic E-state index is 12.2. The number of allylic oxidation sites excluding steroid dienone is 1. The van der Waals surface area contributed by atoms with E-state index >= 15 is 0 Å². The molecule has 2 aromatic heterocycles. The molecule has 1 aliphatic carbocycles. The molecule has 2 N–H and O–H groups in total. The number of nitrogens with zero attached hydrogens (tertiary/aromatic N) is 2. The number of benzene rings is 1. The molecule has 0 fully saturated rings. The summed E-state index contributed by atoms with van der Waals surface area (Å²) in [4.78, 5) is 23.0. The van der Waals surface area contributed by atoms with Gasteiger partial charge in [-0.25, -0.2) is 9.97 Å². The topological polar surface area (TPSA) is 66.9 Å². The second kappa shape index (κ2) is 8.97. The molecule has 1 aromatic carbocycles. The van der Waals surface area contributed by atoms with Gasteiger partial charge in [-0.3, -0.25) is 4.79 Å². The molecular weight excluding hydrogens is 368 g/mol. The molecule has 5 nitrogen and oxygen atoms in total. The Bertz CT molecular complexity index is 981. The van der Waals surface area contributed by atoms with Gasteiger partial charge in [-0.2, -0.15) is 0 Å². The first-order valence-electron chi connectivity index (χ1n) is 9.78. The molecule has 6 heteroatoms. The Hall–Kier alpha value is -2.73. The van der Waals surface area contributed by atoms with Crippen LogP contribution in [0.4, 0.5) is 5.82 Å². The third-order valence-electron chi connectivity index (χ3n) is 4.96. The second-order valence-electron chi connectivity index (χ2n) is 6.98. The lowest BCUT2D eigenvalue weighted by Crippen LogP contribution is -2.31. The highest BCUT2D eigenvalue weighted by atomic mass is 32.1. The van der Waals surface area contributed by atoms with Gasteiger partial charge in [-0.1, -0.05) is 42.0 Å². The molecule has 4 rings (SSSR count). The van der Waals surface area contributed by atoms with Crippen molar-refractivity contribution in [1.82, 2.24) is 15.3 Å². The smallest absolute Gasteiger partial charge is 0.239 e. The average Bonchev–Trinajstić information content (AvgIpc) is 3.19. The van der Waals surface area contributed by atoms with Crippen LogP contribution in [0.25, 0.3) is 20.7 Å². The molecule has 3 aromatic rings. The van der Waals surface area contributed by atoms with Crippen molar-refractivity contribution < 1.29 is 4.79 Å². The van der Waals surface area contributed by atoms with Crippen LogP contribution in [0.15, 0.2) is 54.4 Å². The summed E-state index contributed by atoms with van der Waals surface area (Å²) in [6.45, 7) is 0.907. The number of amides is 1. The number of rotatable bonds is 7. The second-order valence-corrected chi connectivity index (χ2v) is 8.01. The molecule has 0 bridgehead atoms. The van der Waals surface area contributed by atoms with Crippen molar-refractivity contribution >= 4 is 33.3 Å². The first-order valence-corrected chi connectivity index (χ1v) is 10.6. The number of nitrogens with one attached hydrogen (secondary N) is 2. The number of carbonyl (C=O) groups excluding carboxylic acids is 1. The van der Waals surface area contributed by atoms with E-state index in [2.05, 4.69) is 44.9 Å². The first kappa shape index (κ1) is 18.6. The fourth-order valence-electron chi connectivity index (χ4n) is 3.46. The predicted octanol–water partition coefficient (Wildman–Crippen LogP) is 4.78. The Labute approximate surface area is 168 Å². The van der Waals surface area contributed by atoms with Crippen molar-refractivity contribution in [3.8, 4) is 10.4 Å². The van der Waals surface area contributed by atoms with Crippen LogP contribution in [-0.2, 0) is 4.79 Å². The van der Waals surface area contributed by atoms with Crippen LogP contribution in [0.2, 0.25) is 0 Å². The number of thiophene rings is 1. The van der Waals surface area contributed by atoms with E-state index in [4.69, 9.17) is 0 Å². The van der Waals surface area contributed by atoms with E-state index in [0.29, 0.717) is 12.4 Å². The standard InChI is InChI=1S/C22H24N4OS/c27-20(23-12-11-16-7-3-1-4-8-16)14-24-21-18-13-19(17-9-5-2-6-10-17)28-22(18)26-15-25-21/h2,5-7,9-10,13,15H,1,3-4,8,11-12,14H2,(H,23,27)(H,24,25,26). The Morgan fingerprint density at radius 2 is 2.04 bits per heavy atom. The van der Waals surface area contributed by atoms with Crippen LogP contribution in [0.3, 0.4) is 0 Å². The van der Waals surface area contributed by atoms with Crippen molar-refractivity contribution in [3.63, 3.8) is 0 Å². The van der Waals surface area contributed by atoms with Crippen LogP contribution >= 0.6 is 11.3 Å². The summed E-state index contributed by atoms with van der Waals surface area (Å²) >= 11 is 1.63. The molecule has 0 saturated heterocycles. The molecule has 0 aliphatic heterocycles. The number of carbonyl (C=O) groups is 1. The van der Waals surface area contributed by atoms with Gasteiger partial charge in [0.2, 0.25) is 5.91 Å². The zero-order valence-electron chi connectivity index (χ0n) is 15.8. The lowest BCUT2D eigenvalue weighted by atomic mass is 9.97. The lowest BCUT2D eigenvalue weighted by molar-refractivity contribution is -0.119. The van der Waals surface area contributed by atoms with Gasteiger partial charge < -0.3 is 10.6 Å². The van der Waals surface area contributed by atoms with E-state index < -0.39 is 0 Å². The third kappa shape index (κ3) is 4.57. The maximum Gasteiger partial charge on any atom is 0.239 e. The summed E-state index contributed by atoms with van der Waals surface area (Å²) in [6, 6.07) is 12.3. The fourth-order valence-corrected chi connectivity index (χ4v) is 4.47. The summed E-state index contributed by atoms with van der Waals surface area (Å²) in [5.74, 6) is 0.690. The van der Waals surface area contributed by atoms with E-state index in [1.807, 2.05) is 18.2 Å². The Balaban J connectivity index is 1.36. The van der Waals surface area contributed by atoms with Crippen molar-refractivity contribution in [2.75, 3.05) is 18.4 Å². The van der Waals surface area contributed by atoms with E-state index in [1.54, 1.807) is 17.7 Å². The Morgan fingerprint density at radius 3 is 2.86 bits per heavy atom. The number of hydrogen-bond acceptors (Lipinski definition) is 5. The summed E-state index contributed by atoms with van der Waals surface area (Å²) in [5.41, 5.74) is 2.63. The molecule has 144 valence electrons. The quantitative estimate of drug-likeness (QED) is 0.568. The van der Waals surface area contributed by atoms with Crippen LogP contribution in [-0.4, -0.2) is 29.0 Å². The summed E-state index contributed by atoms with van der Waals surface area (Å²) < 4.78 is 0. The molecule has 0 radical (unpaired) electrons. The maximum absolute atomic E-state index is 12.2. The highest BCUT2D eigenvalue weighted by Gasteiger charge is 2.11. The Morgan fingerprint density at radius 1 is 1.14 bits per heavy atom. The normalized spacial score (nSPS) is 13.9. The van der Waals surface area contributed by atoms with Crippen LogP contribution < -0.4 is 10.6 Å². The molecule has 0 saturated carbocycles. The Kier molecular flexibility index (Phi) is 5.97. The van der Waals surface area contributed by atoms with E-state index in [1.165, 1.54) is 31.3 Å². The van der Waals surface area contributed by atoms with Gasteiger partial charge in [-0.05, 0) is 43.7 Å². The van der Waals surface area contributed by atoms with Gasteiger partial charge in [0.15, 0.2) is 0 Å². The minimum absolute atomic E-state index is 0.0123. The lowest BCUT2D eigenvalue weighted by Gasteiger charge is -2.13. The molecule has 0 spiro atoms. The van der Waals surface area contributed by atoms with Gasteiger partial charge in [0.25, 0.3) is 0 Å². The van der Waals surface area contributed by atoms with Gasteiger partial charge in [0.05, 0.1) is 11.9 Å². The van der Waals surface area contributed by atoms with Crippen molar-refractivity contribution in [3.05, 3.63) is 54.4 Å². The minimum atomic E-state index is -0.0123. The minimum Gasteiger partial charge on any atom is -0.360 e. The van der Waals surface area contributed by atoms with Crippen molar-refractivity contribution in [1.29, 1.82) is 0 Å². The van der Waals surface area contributed by atoms with E-state index in [9.17, 15) is 4.79 Å². The van der Waals surface area contributed by atoms with Crippen LogP contribution in [0, 0.1) is 0 Å². The van der Waals surface area contributed by atoms with Crippen LogP contribution in [0.1, 0.15) is 32.1 Å². The highest BCUT2D eigenvalue weighted by Crippen LogP contribution is 2.34. The molecule has 0 unspecified atom stereocenters.